The molecule has 12 heteroatoms. The summed E-state index contributed by atoms with van der Waals surface area (Å²) in [6.07, 6.45) is 0.389. The standard InChI is InChI=1S/C32H48BFN2O6SSi/c1-29(2,3)44(10,11)39-21-20-26(24-14-12-13-15-25(24)34)35-28-36-43(37,38)27(30(4,5)40-28)22-16-18-23(19-17-22)33-41-31(6,7)32(8,9)42-33/h12-19,26-27H,20-21H2,1-11H3,(H,35,36)/t26-,27?/m0/s1. The van der Waals surface area contributed by atoms with Gasteiger partial charge in [0, 0.05) is 12.2 Å². The van der Waals surface area contributed by atoms with Gasteiger partial charge in [0.25, 0.3) is 10.0 Å². The van der Waals surface area contributed by atoms with Crippen LogP contribution in [0.25, 0.3) is 0 Å². The molecule has 1 saturated heterocycles. The van der Waals surface area contributed by atoms with E-state index in [9.17, 15) is 12.8 Å². The molecule has 2 aromatic rings. The molecule has 242 valence electrons. The first kappa shape index (κ1) is 34.6. The molecule has 0 aromatic heterocycles. The number of hydrogen-bond acceptors (Lipinski definition) is 7. The van der Waals surface area contributed by atoms with Crippen LogP contribution in [0.2, 0.25) is 18.1 Å². The maximum Gasteiger partial charge on any atom is 0.494 e. The highest BCUT2D eigenvalue weighted by Crippen LogP contribution is 2.41. The number of nitrogens with one attached hydrogen (secondary N) is 1. The van der Waals surface area contributed by atoms with Gasteiger partial charge in [0.05, 0.1) is 17.2 Å². The number of benzene rings is 2. The zero-order valence-electron chi connectivity index (χ0n) is 27.9. The second-order valence-corrected chi connectivity index (χ2v) is 21.4. The second-order valence-electron chi connectivity index (χ2n) is 14.9. The van der Waals surface area contributed by atoms with Gasteiger partial charge in [-0.05, 0) is 83.2 Å². The minimum atomic E-state index is -4.08. The predicted octanol–water partition coefficient (Wildman–Crippen LogP) is 6.40. The van der Waals surface area contributed by atoms with Crippen LogP contribution in [0.5, 0.6) is 0 Å². The average molecular weight is 647 g/mol. The molecule has 8 nitrogen and oxygen atoms in total. The first-order chi connectivity index (χ1) is 20.1. The molecule has 0 bridgehead atoms. The van der Waals surface area contributed by atoms with Crippen LogP contribution in [0.1, 0.15) is 91.2 Å². The first-order valence-electron chi connectivity index (χ1n) is 15.2. The van der Waals surface area contributed by atoms with Crippen molar-refractivity contribution in [3.8, 4) is 0 Å². The van der Waals surface area contributed by atoms with Crippen LogP contribution >= 0.6 is 0 Å². The topological polar surface area (TPSA) is 95.5 Å². The van der Waals surface area contributed by atoms with Crippen LogP contribution in [0.3, 0.4) is 0 Å². The third kappa shape index (κ3) is 7.09. The second kappa shape index (κ2) is 11.8. The summed E-state index contributed by atoms with van der Waals surface area (Å²) in [6, 6.07) is 12.8. The van der Waals surface area contributed by atoms with Gasteiger partial charge in [0.15, 0.2) is 8.32 Å². The van der Waals surface area contributed by atoms with E-state index >= 15 is 0 Å². The Balaban J connectivity index is 1.57. The smallest absolute Gasteiger partial charge is 0.457 e. The quantitative estimate of drug-likeness (QED) is 0.332. The van der Waals surface area contributed by atoms with Crippen molar-refractivity contribution < 1.29 is 31.3 Å². The Hall–Kier alpha value is -2.25. The summed E-state index contributed by atoms with van der Waals surface area (Å²) in [5.74, 6) is -0.407. The fourth-order valence-corrected chi connectivity index (χ4v) is 7.90. The summed E-state index contributed by atoms with van der Waals surface area (Å²) >= 11 is 0. The summed E-state index contributed by atoms with van der Waals surface area (Å²) in [7, 11) is -6.70. The fourth-order valence-electron chi connectivity index (χ4n) is 5.15. The molecule has 1 unspecified atom stereocenters. The van der Waals surface area contributed by atoms with Crippen LogP contribution in [-0.4, -0.2) is 53.3 Å². The Kier molecular flexibility index (Phi) is 9.32. The lowest BCUT2D eigenvalue weighted by molar-refractivity contribution is 0.00578. The van der Waals surface area contributed by atoms with Gasteiger partial charge in [0.1, 0.15) is 16.7 Å². The van der Waals surface area contributed by atoms with Gasteiger partial charge in [0.2, 0.25) is 0 Å². The number of halogens is 1. The van der Waals surface area contributed by atoms with Crippen LogP contribution in [0.15, 0.2) is 52.9 Å². The molecule has 1 N–H and O–H groups in total. The highest BCUT2D eigenvalue weighted by atomic mass is 32.2. The summed E-state index contributed by atoms with van der Waals surface area (Å²) in [5, 5.41) is 2.04. The van der Waals surface area contributed by atoms with E-state index in [4.69, 9.17) is 18.5 Å². The van der Waals surface area contributed by atoms with Crippen LogP contribution in [0.4, 0.5) is 4.39 Å². The van der Waals surface area contributed by atoms with Gasteiger partial charge in [-0.2, -0.15) is 0 Å². The minimum absolute atomic E-state index is 0.0140. The van der Waals surface area contributed by atoms with E-state index in [2.05, 4.69) is 43.6 Å². The maximum absolute atomic E-state index is 15.0. The van der Waals surface area contributed by atoms with Crippen LogP contribution in [-0.2, 0) is 28.5 Å². The van der Waals surface area contributed by atoms with Gasteiger partial charge in [-0.1, -0.05) is 63.2 Å². The molecule has 2 aliphatic rings. The molecule has 0 spiro atoms. The lowest BCUT2D eigenvalue weighted by Gasteiger charge is -2.38. The van der Waals surface area contributed by atoms with Crippen molar-refractivity contribution in [2.24, 2.45) is 4.40 Å². The van der Waals surface area contributed by atoms with E-state index < -0.39 is 59.4 Å². The summed E-state index contributed by atoms with van der Waals surface area (Å²) < 4.78 is 71.3. The first-order valence-corrected chi connectivity index (χ1v) is 19.6. The summed E-state index contributed by atoms with van der Waals surface area (Å²) in [6.45, 7) is 22.5. The molecule has 4 rings (SSSR count). The molecule has 44 heavy (non-hydrogen) atoms. The summed E-state index contributed by atoms with van der Waals surface area (Å²) in [5.41, 5.74) is -0.466. The Labute approximate surface area is 264 Å². The Morgan fingerprint density at radius 2 is 1.57 bits per heavy atom. The van der Waals surface area contributed by atoms with Crippen LogP contribution in [0, 0.1) is 5.82 Å². The van der Waals surface area contributed by atoms with E-state index in [-0.39, 0.29) is 11.1 Å². The Bertz CT molecular complexity index is 1470. The zero-order chi connectivity index (χ0) is 32.9. The van der Waals surface area contributed by atoms with Gasteiger partial charge in [-0.25, -0.2) is 12.8 Å². The Morgan fingerprint density at radius 3 is 2.09 bits per heavy atom. The zero-order valence-corrected chi connectivity index (χ0v) is 29.8. The molecule has 2 heterocycles. The van der Waals surface area contributed by atoms with E-state index in [1.165, 1.54) is 6.07 Å². The van der Waals surface area contributed by atoms with Crippen molar-refractivity contribution in [2.75, 3.05) is 6.61 Å². The largest absolute Gasteiger partial charge is 0.494 e. The van der Waals surface area contributed by atoms with Crippen LogP contribution < -0.4 is 10.8 Å². The Morgan fingerprint density at radius 1 is 1.00 bits per heavy atom. The third-order valence-corrected chi connectivity index (χ3v) is 15.9. The van der Waals surface area contributed by atoms with Crippen molar-refractivity contribution in [3.63, 3.8) is 0 Å². The number of rotatable bonds is 8. The number of ether oxygens (including phenoxy) is 1. The van der Waals surface area contributed by atoms with Crippen molar-refractivity contribution in [3.05, 3.63) is 65.5 Å². The van der Waals surface area contributed by atoms with Crippen molar-refractivity contribution in [1.82, 2.24) is 5.32 Å². The average Bonchev–Trinajstić information content (AvgIpc) is 3.08. The lowest BCUT2D eigenvalue weighted by atomic mass is 9.78. The highest BCUT2D eigenvalue weighted by molar-refractivity contribution is 7.90. The van der Waals surface area contributed by atoms with Gasteiger partial charge in [-0.15, -0.1) is 4.40 Å². The molecule has 0 amide bonds. The molecule has 2 aromatic carbocycles. The summed E-state index contributed by atoms with van der Waals surface area (Å²) in [4.78, 5) is 0. The molecule has 0 radical (unpaired) electrons. The number of nitrogens with zero attached hydrogens (tertiary/aromatic N) is 1. The maximum atomic E-state index is 15.0. The van der Waals surface area contributed by atoms with Crippen molar-refractivity contribution >= 4 is 36.9 Å². The number of hydrogen-bond donors (Lipinski definition) is 1. The molecule has 0 aliphatic carbocycles. The van der Waals surface area contributed by atoms with E-state index in [0.717, 1.165) is 5.46 Å². The molecule has 1 fully saturated rings. The van der Waals surface area contributed by atoms with Crippen molar-refractivity contribution in [1.29, 1.82) is 0 Å². The highest BCUT2D eigenvalue weighted by Gasteiger charge is 2.52. The van der Waals surface area contributed by atoms with Gasteiger partial charge >= 0.3 is 13.1 Å². The third-order valence-electron chi connectivity index (χ3n) is 9.52. The van der Waals surface area contributed by atoms with Gasteiger partial charge in [-0.3, -0.25) is 0 Å². The fraction of sp³-hybridized carbons (Fsp3) is 0.594. The predicted molar refractivity (Wildman–Crippen MR) is 176 cm³/mol. The minimum Gasteiger partial charge on any atom is -0.457 e. The molecule has 2 aliphatic heterocycles. The normalized spacial score (nSPS) is 23.0. The van der Waals surface area contributed by atoms with Gasteiger partial charge < -0.3 is 23.8 Å². The van der Waals surface area contributed by atoms with E-state index in [1.807, 2.05) is 39.8 Å². The monoisotopic (exact) mass is 646 g/mol. The molecular weight excluding hydrogens is 598 g/mol. The molecular formula is C32H48BFN2O6SSi. The SMILES string of the molecule is CC1(C)OC(N[C@@H](CCO[Si](C)(C)C(C)(C)C)c2ccccc2F)=NS(=O)(=O)C1c1ccc(B2OC(C)(C)C(C)(C)O2)cc1. The number of sulfonamides is 1. The lowest BCUT2D eigenvalue weighted by Crippen LogP contribution is -2.48. The molecule has 2 atom stereocenters. The van der Waals surface area contributed by atoms with E-state index in [1.54, 1.807) is 44.2 Å². The van der Waals surface area contributed by atoms with E-state index in [0.29, 0.717) is 24.2 Å². The number of amidine groups is 1. The molecule has 0 saturated carbocycles. The van der Waals surface area contributed by atoms with Crippen molar-refractivity contribution in [2.45, 2.75) is 115 Å².